The molecule has 0 aliphatic rings. The largest absolute Gasteiger partial charge is 0.759 e. The van der Waals surface area contributed by atoms with Crippen LogP contribution in [-0.2, 0) is 10.4 Å². The van der Waals surface area contributed by atoms with Gasteiger partial charge in [-0.2, -0.15) is 0 Å². The van der Waals surface area contributed by atoms with Crippen molar-refractivity contribution in [1.29, 1.82) is 0 Å². The molecule has 6 heteroatoms. The standard InChI is InChI=1S/C18H39N.H2O4S/c1-2-3-4-5-6-7-8-9-10-11-12-13-14-15-16-17-18-19;1-5(2,3)4/h2-19H2,1H3;(H2,1,2,3,4)/p-2. The van der Waals surface area contributed by atoms with Crippen LogP contribution in [0.4, 0.5) is 0 Å². The van der Waals surface area contributed by atoms with Crippen LogP contribution in [0.3, 0.4) is 0 Å². The highest BCUT2D eigenvalue weighted by Gasteiger charge is 1.94. The number of hydrogen-bond acceptors (Lipinski definition) is 5. The van der Waals surface area contributed by atoms with Crippen LogP contribution in [0.25, 0.3) is 0 Å². The molecule has 2 N–H and O–H groups in total. The Balaban J connectivity index is 0. The molecule has 0 fully saturated rings. The van der Waals surface area contributed by atoms with E-state index in [1.54, 1.807) is 0 Å². The molecule has 0 saturated heterocycles. The molecule has 24 heavy (non-hydrogen) atoms. The molecule has 0 aromatic carbocycles. The minimum atomic E-state index is -5.17. The number of nitrogens with two attached hydrogens (primary N) is 1. The first kappa shape index (κ1) is 26.1. The fraction of sp³-hybridized carbons (Fsp3) is 1.00. The van der Waals surface area contributed by atoms with Gasteiger partial charge in [0.15, 0.2) is 0 Å². The van der Waals surface area contributed by atoms with Gasteiger partial charge in [0.05, 0.1) is 0 Å². The normalized spacial score (nSPS) is 11.2. The molecule has 148 valence electrons. The molecule has 0 aromatic heterocycles. The predicted molar refractivity (Wildman–Crippen MR) is 99.1 cm³/mol. The second-order valence-corrected chi connectivity index (χ2v) is 7.32. The van der Waals surface area contributed by atoms with Gasteiger partial charge in [-0.25, -0.2) is 0 Å². The third-order valence-electron chi connectivity index (χ3n) is 4.06. The third kappa shape index (κ3) is 37.8. The lowest BCUT2D eigenvalue weighted by atomic mass is 10.0. The number of hydrogen-bond donors (Lipinski definition) is 1. The molecule has 0 atom stereocenters. The van der Waals surface area contributed by atoms with Crippen molar-refractivity contribution in [3.63, 3.8) is 0 Å². The average molecular weight is 366 g/mol. The molecule has 0 heterocycles. The summed E-state index contributed by atoms with van der Waals surface area (Å²) < 4.78 is 34.1. The highest BCUT2D eigenvalue weighted by molar-refractivity contribution is 7.79. The van der Waals surface area contributed by atoms with Crippen LogP contribution in [0.15, 0.2) is 0 Å². The SMILES string of the molecule is CCCCCCCCCCCCCCCCCCN.O=S(=O)([O-])[O-]. The lowest BCUT2D eigenvalue weighted by Gasteiger charge is -2.06. The lowest BCUT2D eigenvalue weighted by Crippen LogP contribution is -1.97. The zero-order valence-electron chi connectivity index (χ0n) is 15.6. The molecule has 0 aromatic rings. The maximum absolute atomic E-state index is 8.52. The van der Waals surface area contributed by atoms with E-state index in [1.165, 1.54) is 103 Å². The lowest BCUT2D eigenvalue weighted by molar-refractivity contribution is 0.352. The van der Waals surface area contributed by atoms with Crippen molar-refractivity contribution in [2.24, 2.45) is 5.73 Å². The van der Waals surface area contributed by atoms with E-state index in [1.807, 2.05) is 0 Å². The number of unbranched alkanes of at least 4 members (excludes halogenated alkanes) is 15. The van der Waals surface area contributed by atoms with Gasteiger partial charge < -0.3 is 14.8 Å². The van der Waals surface area contributed by atoms with Crippen molar-refractivity contribution in [3.8, 4) is 0 Å². The molecule has 5 nitrogen and oxygen atoms in total. The second kappa shape index (κ2) is 20.9. The predicted octanol–water partition coefficient (Wildman–Crippen LogP) is 4.87. The monoisotopic (exact) mass is 365 g/mol. The van der Waals surface area contributed by atoms with E-state index in [0.29, 0.717) is 0 Å². The van der Waals surface area contributed by atoms with Gasteiger partial charge in [-0.1, -0.05) is 103 Å². The Bertz CT molecular complexity index is 297. The first-order valence-corrected chi connectivity index (χ1v) is 11.1. The van der Waals surface area contributed by atoms with Crippen LogP contribution in [0.1, 0.15) is 110 Å². The molecule has 0 rings (SSSR count). The first-order chi connectivity index (χ1) is 11.4. The molecule has 0 aliphatic carbocycles. The summed E-state index contributed by atoms with van der Waals surface area (Å²) in [6.45, 7) is 3.16. The van der Waals surface area contributed by atoms with Crippen molar-refractivity contribution in [2.75, 3.05) is 6.54 Å². The van der Waals surface area contributed by atoms with E-state index in [2.05, 4.69) is 6.92 Å². The van der Waals surface area contributed by atoms with E-state index in [9.17, 15) is 0 Å². The summed E-state index contributed by atoms with van der Waals surface area (Å²) in [5.74, 6) is 0. The van der Waals surface area contributed by atoms with Crippen molar-refractivity contribution >= 4 is 10.4 Å². The van der Waals surface area contributed by atoms with E-state index < -0.39 is 10.4 Å². The molecule has 0 bridgehead atoms. The Morgan fingerprint density at radius 2 is 0.792 bits per heavy atom. The van der Waals surface area contributed by atoms with Gasteiger partial charge in [-0.15, -0.1) is 0 Å². The topological polar surface area (TPSA) is 106 Å². The van der Waals surface area contributed by atoms with Crippen molar-refractivity contribution in [1.82, 2.24) is 0 Å². The Hall–Kier alpha value is -0.170. The summed E-state index contributed by atoms with van der Waals surface area (Å²) in [5, 5.41) is 0. The maximum atomic E-state index is 8.52. The van der Waals surface area contributed by atoms with Crippen molar-refractivity contribution < 1.29 is 17.5 Å². The Labute approximate surface area is 150 Å². The third-order valence-corrected chi connectivity index (χ3v) is 4.06. The van der Waals surface area contributed by atoms with Crippen LogP contribution in [0.2, 0.25) is 0 Å². The summed E-state index contributed by atoms with van der Waals surface area (Å²) in [4.78, 5) is 0. The Morgan fingerprint density at radius 3 is 1.00 bits per heavy atom. The van der Waals surface area contributed by atoms with Gasteiger partial charge in [0.1, 0.15) is 0 Å². The zero-order valence-corrected chi connectivity index (χ0v) is 16.5. The molecule has 0 unspecified atom stereocenters. The summed E-state index contributed by atoms with van der Waals surface area (Å²) in [6.07, 6.45) is 22.9. The highest BCUT2D eigenvalue weighted by atomic mass is 32.3. The van der Waals surface area contributed by atoms with Gasteiger partial charge in [0.2, 0.25) is 0 Å². The van der Waals surface area contributed by atoms with Gasteiger partial charge in [-0.05, 0) is 13.0 Å². The first-order valence-electron chi connectivity index (χ1n) is 9.78. The van der Waals surface area contributed by atoms with Crippen molar-refractivity contribution in [3.05, 3.63) is 0 Å². The molecule has 0 aliphatic heterocycles. The van der Waals surface area contributed by atoms with Crippen LogP contribution in [0.5, 0.6) is 0 Å². The Morgan fingerprint density at radius 1 is 0.583 bits per heavy atom. The van der Waals surface area contributed by atoms with Gasteiger partial charge in [0.25, 0.3) is 0 Å². The molecular formula is C18H39NO4S-2. The Kier molecular flexibility index (Phi) is 22.7. The highest BCUT2D eigenvalue weighted by Crippen LogP contribution is 2.13. The van der Waals surface area contributed by atoms with E-state index in [-0.39, 0.29) is 0 Å². The van der Waals surface area contributed by atoms with Crippen LogP contribution < -0.4 is 5.73 Å². The maximum Gasteiger partial charge on any atom is 0.0311 e. The van der Waals surface area contributed by atoms with Crippen LogP contribution in [0, 0.1) is 0 Å². The van der Waals surface area contributed by atoms with Crippen molar-refractivity contribution in [2.45, 2.75) is 110 Å². The van der Waals surface area contributed by atoms with Gasteiger partial charge in [0, 0.05) is 10.4 Å². The quantitative estimate of drug-likeness (QED) is 0.238. The smallest absolute Gasteiger partial charge is 0.0311 e. The van der Waals surface area contributed by atoms with Crippen LogP contribution in [-0.4, -0.2) is 24.1 Å². The van der Waals surface area contributed by atoms with E-state index >= 15 is 0 Å². The summed E-state index contributed by atoms with van der Waals surface area (Å²) in [5.41, 5.74) is 5.48. The van der Waals surface area contributed by atoms with E-state index in [4.69, 9.17) is 23.3 Å². The summed E-state index contributed by atoms with van der Waals surface area (Å²) in [6, 6.07) is 0. The van der Waals surface area contributed by atoms with Gasteiger partial charge >= 0.3 is 0 Å². The minimum Gasteiger partial charge on any atom is -0.759 e. The average Bonchev–Trinajstić information content (AvgIpc) is 2.49. The second-order valence-electron chi connectivity index (χ2n) is 6.50. The van der Waals surface area contributed by atoms with E-state index in [0.717, 1.165) is 6.54 Å². The summed E-state index contributed by atoms with van der Waals surface area (Å²) in [7, 11) is -5.17. The molecule has 0 saturated carbocycles. The minimum absolute atomic E-state index is 0.873. The fourth-order valence-corrected chi connectivity index (χ4v) is 2.69. The molecular weight excluding hydrogens is 326 g/mol. The molecule has 0 radical (unpaired) electrons. The zero-order chi connectivity index (χ0) is 18.5. The molecule has 0 spiro atoms. The van der Waals surface area contributed by atoms with Gasteiger partial charge in [-0.3, -0.25) is 8.42 Å². The number of rotatable bonds is 16. The summed E-state index contributed by atoms with van der Waals surface area (Å²) >= 11 is 0. The fourth-order valence-electron chi connectivity index (χ4n) is 2.69. The molecule has 0 amide bonds. The van der Waals surface area contributed by atoms with Crippen LogP contribution >= 0.6 is 0 Å².